The van der Waals surface area contributed by atoms with Crippen molar-refractivity contribution in [3.63, 3.8) is 0 Å². The van der Waals surface area contributed by atoms with Crippen molar-refractivity contribution in [3.05, 3.63) is 41.7 Å². The Balaban J connectivity index is 1.66. The van der Waals surface area contributed by atoms with Gasteiger partial charge in [-0.25, -0.2) is 0 Å². The average molecular weight is 273 g/mol. The van der Waals surface area contributed by atoms with Crippen molar-refractivity contribution in [3.8, 4) is 11.5 Å². The van der Waals surface area contributed by atoms with Gasteiger partial charge >= 0.3 is 0 Å². The third-order valence-electron chi connectivity index (χ3n) is 3.55. The topological polar surface area (TPSA) is 48.3 Å². The molecule has 0 saturated carbocycles. The number of para-hydroxylation sites is 1. The molecule has 1 aromatic carbocycles. The molecule has 3 rings (SSSR count). The Kier molecular flexibility index (Phi) is 3.60. The van der Waals surface area contributed by atoms with Crippen LogP contribution >= 0.6 is 0 Å². The van der Waals surface area contributed by atoms with E-state index >= 15 is 0 Å². The highest BCUT2D eigenvalue weighted by Crippen LogP contribution is 2.35. The molecule has 106 valence electrons. The number of rotatable bonds is 5. The van der Waals surface area contributed by atoms with E-state index in [0.29, 0.717) is 6.79 Å². The van der Waals surface area contributed by atoms with Gasteiger partial charge in [0, 0.05) is 36.5 Å². The fourth-order valence-electron chi connectivity index (χ4n) is 2.29. The minimum atomic E-state index is 0.244. The van der Waals surface area contributed by atoms with E-state index in [-0.39, 0.29) is 6.04 Å². The number of aromatic nitrogens is 2. The summed E-state index contributed by atoms with van der Waals surface area (Å²) in [5.74, 6) is 1.69. The van der Waals surface area contributed by atoms with Crippen molar-refractivity contribution < 1.29 is 9.47 Å². The largest absolute Gasteiger partial charge is 0.454 e. The number of ether oxygens (including phenoxy) is 2. The first-order chi connectivity index (χ1) is 9.78. The van der Waals surface area contributed by atoms with Crippen molar-refractivity contribution in [1.29, 1.82) is 0 Å². The van der Waals surface area contributed by atoms with E-state index in [2.05, 4.69) is 36.5 Å². The van der Waals surface area contributed by atoms with Crippen LogP contribution in [0.1, 0.15) is 31.0 Å². The molecule has 0 amide bonds. The highest BCUT2D eigenvalue weighted by Gasteiger charge is 2.17. The lowest BCUT2D eigenvalue weighted by Gasteiger charge is -2.13. The summed E-state index contributed by atoms with van der Waals surface area (Å²) in [5, 5.41) is 7.79. The maximum Gasteiger partial charge on any atom is 0.231 e. The molecule has 0 aliphatic carbocycles. The Hall–Kier alpha value is -2.01. The van der Waals surface area contributed by atoms with E-state index in [0.717, 1.165) is 30.2 Å². The summed E-state index contributed by atoms with van der Waals surface area (Å²) in [4.78, 5) is 0. The Morgan fingerprint density at radius 3 is 3.10 bits per heavy atom. The lowest BCUT2D eigenvalue weighted by atomic mass is 10.1. The molecule has 5 heteroatoms. The Morgan fingerprint density at radius 2 is 2.30 bits per heavy atom. The van der Waals surface area contributed by atoms with E-state index in [1.807, 2.05) is 23.0 Å². The fraction of sp³-hybridized carbons (Fsp3) is 0.400. The van der Waals surface area contributed by atoms with Crippen LogP contribution in [-0.4, -0.2) is 16.6 Å². The number of nitrogens with zero attached hydrogens (tertiary/aromatic N) is 2. The molecule has 0 saturated heterocycles. The highest BCUT2D eigenvalue weighted by molar-refractivity contribution is 5.48. The third-order valence-corrected chi connectivity index (χ3v) is 3.55. The number of nitrogens with one attached hydrogen (secondary N) is 1. The van der Waals surface area contributed by atoms with Crippen LogP contribution in [-0.2, 0) is 13.1 Å². The van der Waals surface area contributed by atoms with E-state index < -0.39 is 0 Å². The summed E-state index contributed by atoms with van der Waals surface area (Å²) >= 11 is 0. The van der Waals surface area contributed by atoms with Crippen LogP contribution in [0.4, 0.5) is 0 Å². The van der Waals surface area contributed by atoms with Gasteiger partial charge < -0.3 is 14.8 Å². The number of benzene rings is 1. The first-order valence-corrected chi connectivity index (χ1v) is 6.91. The number of hydrogen-bond donors (Lipinski definition) is 1. The lowest BCUT2D eigenvalue weighted by molar-refractivity contribution is 0.173. The minimum Gasteiger partial charge on any atom is -0.454 e. The number of fused-ring (bicyclic) bond motifs is 1. The van der Waals surface area contributed by atoms with E-state index in [1.165, 1.54) is 5.56 Å². The van der Waals surface area contributed by atoms with Crippen molar-refractivity contribution >= 4 is 0 Å². The molecule has 1 aromatic heterocycles. The molecule has 1 atom stereocenters. The standard InChI is InChI=1S/C15H19N3O2/c1-3-18-9-13(8-17-18)11(2)16-7-12-5-4-6-14-15(12)20-10-19-14/h4-6,8-9,11,16H,3,7,10H2,1-2H3. The first-order valence-electron chi connectivity index (χ1n) is 6.91. The van der Waals surface area contributed by atoms with Crippen LogP contribution in [0, 0.1) is 0 Å². The zero-order chi connectivity index (χ0) is 13.9. The predicted octanol–water partition coefficient (Wildman–Crippen LogP) is 2.48. The normalized spacial score (nSPS) is 14.5. The summed E-state index contributed by atoms with van der Waals surface area (Å²) in [6, 6.07) is 6.22. The Morgan fingerprint density at radius 1 is 1.40 bits per heavy atom. The summed E-state index contributed by atoms with van der Waals surface area (Å²) in [5.41, 5.74) is 2.31. The second kappa shape index (κ2) is 5.54. The fourth-order valence-corrected chi connectivity index (χ4v) is 2.29. The van der Waals surface area contributed by atoms with Crippen LogP contribution in [0.15, 0.2) is 30.6 Å². The predicted molar refractivity (Wildman–Crippen MR) is 75.7 cm³/mol. The molecular weight excluding hydrogens is 254 g/mol. The SMILES string of the molecule is CCn1cc(C(C)NCc2cccc3c2OCO3)cn1. The molecule has 2 aromatic rings. The van der Waals surface area contributed by atoms with Crippen LogP contribution < -0.4 is 14.8 Å². The van der Waals surface area contributed by atoms with Gasteiger partial charge in [0.2, 0.25) is 6.79 Å². The molecule has 0 radical (unpaired) electrons. The highest BCUT2D eigenvalue weighted by atomic mass is 16.7. The summed E-state index contributed by atoms with van der Waals surface area (Å²) in [6.07, 6.45) is 3.99. The van der Waals surface area contributed by atoms with Crippen LogP contribution in [0.5, 0.6) is 11.5 Å². The zero-order valence-corrected chi connectivity index (χ0v) is 11.8. The molecule has 1 N–H and O–H groups in total. The van der Waals surface area contributed by atoms with Crippen molar-refractivity contribution in [1.82, 2.24) is 15.1 Å². The van der Waals surface area contributed by atoms with Crippen molar-refractivity contribution in [2.45, 2.75) is 33.0 Å². The molecule has 0 fully saturated rings. The zero-order valence-electron chi connectivity index (χ0n) is 11.8. The molecule has 5 nitrogen and oxygen atoms in total. The van der Waals surface area contributed by atoms with Crippen LogP contribution in [0.3, 0.4) is 0 Å². The molecule has 1 aliphatic rings. The maximum absolute atomic E-state index is 5.51. The monoisotopic (exact) mass is 273 g/mol. The minimum absolute atomic E-state index is 0.244. The van der Waals surface area contributed by atoms with Gasteiger partial charge in [-0.05, 0) is 19.9 Å². The summed E-state index contributed by atoms with van der Waals surface area (Å²) in [6.45, 7) is 6.16. The number of hydrogen-bond acceptors (Lipinski definition) is 4. The van der Waals surface area contributed by atoms with Crippen LogP contribution in [0.25, 0.3) is 0 Å². The van der Waals surface area contributed by atoms with Gasteiger partial charge in [0.1, 0.15) is 0 Å². The second-order valence-electron chi connectivity index (χ2n) is 4.88. The summed E-state index contributed by atoms with van der Waals surface area (Å²) in [7, 11) is 0. The van der Waals surface area contributed by atoms with Gasteiger partial charge in [0.15, 0.2) is 11.5 Å². The van der Waals surface area contributed by atoms with Crippen LogP contribution in [0.2, 0.25) is 0 Å². The molecule has 1 unspecified atom stereocenters. The van der Waals surface area contributed by atoms with E-state index in [4.69, 9.17) is 9.47 Å². The molecule has 0 bridgehead atoms. The lowest BCUT2D eigenvalue weighted by Crippen LogP contribution is -2.18. The number of aryl methyl sites for hydroxylation is 1. The Labute approximate surface area is 118 Å². The first kappa shape index (κ1) is 13.0. The van der Waals surface area contributed by atoms with E-state index in [1.54, 1.807) is 0 Å². The van der Waals surface area contributed by atoms with Gasteiger partial charge in [0.25, 0.3) is 0 Å². The van der Waals surface area contributed by atoms with Gasteiger partial charge in [-0.1, -0.05) is 12.1 Å². The molecule has 20 heavy (non-hydrogen) atoms. The average Bonchev–Trinajstić information content (AvgIpc) is 3.13. The second-order valence-corrected chi connectivity index (χ2v) is 4.88. The summed E-state index contributed by atoms with van der Waals surface area (Å²) < 4.78 is 12.8. The van der Waals surface area contributed by atoms with Crippen molar-refractivity contribution in [2.75, 3.05) is 6.79 Å². The maximum atomic E-state index is 5.51. The Bertz CT molecular complexity index is 595. The smallest absolute Gasteiger partial charge is 0.231 e. The molecule has 1 aliphatic heterocycles. The molecule has 0 spiro atoms. The van der Waals surface area contributed by atoms with Gasteiger partial charge in [0.05, 0.1) is 6.20 Å². The van der Waals surface area contributed by atoms with Gasteiger partial charge in [-0.15, -0.1) is 0 Å². The van der Waals surface area contributed by atoms with Crippen molar-refractivity contribution in [2.24, 2.45) is 0 Å². The third kappa shape index (κ3) is 2.49. The van der Waals surface area contributed by atoms with Gasteiger partial charge in [-0.2, -0.15) is 5.10 Å². The van der Waals surface area contributed by atoms with E-state index in [9.17, 15) is 0 Å². The quantitative estimate of drug-likeness (QED) is 0.909. The molecular formula is C15H19N3O2. The molecule has 2 heterocycles. The van der Waals surface area contributed by atoms with Gasteiger partial charge in [-0.3, -0.25) is 4.68 Å².